The first-order chi connectivity index (χ1) is 12.3. The van der Waals surface area contributed by atoms with Crippen molar-refractivity contribution in [2.75, 3.05) is 6.54 Å². The first-order valence-corrected chi connectivity index (χ1v) is 8.75. The van der Waals surface area contributed by atoms with E-state index in [4.69, 9.17) is 0 Å². The smallest absolute Gasteiger partial charge is 0.335 e. The molecule has 2 heterocycles. The molecule has 1 unspecified atom stereocenters. The minimum atomic E-state index is -0.984. The SMILES string of the molecule is CC(C)(C)C(=O)N1CCCC1c1nccnc1-c1cccc(C(=O)O)c1. The van der Waals surface area contributed by atoms with E-state index in [2.05, 4.69) is 9.97 Å². The molecule has 2 aromatic rings. The number of amides is 1. The minimum absolute atomic E-state index is 0.0934. The Morgan fingerprint density at radius 2 is 1.92 bits per heavy atom. The summed E-state index contributed by atoms with van der Waals surface area (Å²) in [6, 6.07) is 6.53. The van der Waals surface area contributed by atoms with Crippen molar-refractivity contribution in [1.29, 1.82) is 0 Å². The van der Waals surface area contributed by atoms with E-state index in [-0.39, 0.29) is 17.5 Å². The molecule has 1 aliphatic rings. The van der Waals surface area contributed by atoms with Gasteiger partial charge in [0.25, 0.3) is 0 Å². The van der Waals surface area contributed by atoms with Gasteiger partial charge in [0.1, 0.15) is 0 Å². The molecule has 1 amide bonds. The fraction of sp³-hybridized carbons (Fsp3) is 0.400. The van der Waals surface area contributed by atoms with Crippen LogP contribution in [0.1, 0.15) is 55.7 Å². The molecule has 1 fully saturated rings. The second-order valence-corrected chi connectivity index (χ2v) is 7.58. The number of carbonyl (C=O) groups is 2. The number of hydrogen-bond donors (Lipinski definition) is 1. The third-order valence-electron chi connectivity index (χ3n) is 4.58. The summed E-state index contributed by atoms with van der Waals surface area (Å²) in [4.78, 5) is 35.0. The first kappa shape index (κ1) is 18.0. The Hall–Kier alpha value is -2.76. The summed E-state index contributed by atoms with van der Waals surface area (Å²) in [6.45, 7) is 6.45. The van der Waals surface area contributed by atoms with Gasteiger partial charge in [-0.15, -0.1) is 0 Å². The number of carboxylic acid groups (broad SMARTS) is 1. The monoisotopic (exact) mass is 353 g/mol. The van der Waals surface area contributed by atoms with Gasteiger partial charge in [0.05, 0.1) is 23.0 Å². The molecule has 26 heavy (non-hydrogen) atoms. The molecule has 6 heteroatoms. The Balaban J connectivity index is 2.03. The summed E-state index contributed by atoms with van der Waals surface area (Å²) < 4.78 is 0. The van der Waals surface area contributed by atoms with Crippen molar-refractivity contribution in [3.05, 3.63) is 47.9 Å². The zero-order chi connectivity index (χ0) is 18.9. The van der Waals surface area contributed by atoms with Crippen LogP contribution in [0.3, 0.4) is 0 Å². The van der Waals surface area contributed by atoms with Gasteiger partial charge in [-0.25, -0.2) is 4.79 Å². The molecular formula is C20H23N3O3. The van der Waals surface area contributed by atoms with E-state index in [1.54, 1.807) is 30.6 Å². The van der Waals surface area contributed by atoms with Crippen LogP contribution in [-0.4, -0.2) is 38.4 Å². The largest absolute Gasteiger partial charge is 0.478 e. The first-order valence-electron chi connectivity index (χ1n) is 8.75. The van der Waals surface area contributed by atoms with Gasteiger partial charge in [-0.1, -0.05) is 32.9 Å². The number of carboxylic acids is 1. The fourth-order valence-corrected chi connectivity index (χ4v) is 3.34. The molecule has 0 spiro atoms. The molecule has 0 aliphatic carbocycles. The van der Waals surface area contributed by atoms with Crippen molar-refractivity contribution in [2.45, 2.75) is 39.7 Å². The van der Waals surface area contributed by atoms with Crippen LogP contribution in [0.2, 0.25) is 0 Å². The highest BCUT2D eigenvalue weighted by molar-refractivity contribution is 5.89. The van der Waals surface area contributed by atoms with Gasteiger partial charge in [0.15, 0.2) is 0 Å². The molecule has 1 aromatic heterocycles. The van der Waals surface area contributed by atoms with Crippen LogP contribution in [0.4, 0.5) is 0 Å². The summed E-state index contributed by atoms with van der Waals surface area (Å²) in [6.07, 6.45) is 4.96. The maximum Gasteiger partial charge on any atom is 0.335 e. The average Bonchev–Trinajstić information content (AvgIpc) is 3.09. The van der Waals surface area contributed by atoms with Crippen molar-refractivity contribution in [1.82, 2.24) is 14.9 Å². The molecule has 1 N–H and O–H groups in total. The molecule has 3 rings (SSSR count). The summed E-state index contributed by atoms with van der Waals surface area (Å²) in [5, 5.41) is 9.25. The van der Waals surface area contributed by atoms with Gasteiger partial charge in [-0.3, -0.25) is 14.8 Å². The predicted octanol–water partition coefficient (Wildman–Crippen LogP) is 3.55. The lowest BCUT2D eigenvalue weighted by Gasteiger charge is -2.31. The predicted molar refractivity (Wildman–Crippen MR) is 97.6 cm³/mol. The van der Waals surface area contributed by atoms with Crippen molar-refractivity contribution < 1.29 is 14.7 Å². The van der Waals surface area contributed by atoms with Gasteiger partial charge in [0, 0.05) is 29.9 Å². The van der Waals surface area contributed by atoms with Crippen LogP contribution in [0.5, 0.6) is 0 Å². The van der Waals surface area contributed by atoms with E-state index in [0.717, 1.165) is 18.5 Å². The second kappa shape index (κ2) is 6.86. The van der Waals surface area contributed by atoms with E-state index in [9.17, 15) is 14.7 Å². The normalized spacial score (nSPS) is 17.3. The Bertz CT molecular complexity index is 842. The van der Waals surface area contributed by atoms with Crippen LogP contribution < -0.4 is 0 Å². The summed E-state index contributed by atoms with van der Waals surface area (Å²) in [5.74, 6) is -0.890. The Morgan fingerprint density at radius 3 is 2.62 bits per heavy atom. The molecule has 6 nitrogen and oxygen atoms in total. The molecule has 1 aromatic carbocycles. The van der Waals surface area contributed by atoms with Crippen LogP contribution in [0, 0.1) is 5.41 Å². The zero-order valence-electron chi connectivity index (χ0n) is 15.3. The zero-order valence-corrected chi connectivity index (χ0v) is 15.3. The number of benzene rings is 1. The topological polar surface area (TPSA) is 83.4 Å². The Kier molecular flexibility index (Phi) is 4.76. The highest BCUT2D eigenvalue weighted by Crippen LogP contribution is 2.37. The number of hydrogen-bond acceptors (Lipinski definition) is 4. The quantitative estimate of drug-likeness (QED) is 0.912. The van der Waals surface area contributed by atoms with Gasteiger partial charge in [-0.05, 0) is 25.0 Å². The van der Waals surface area contributed by atoms with Crippen molar-refractivity contribution in [2.24, 2.45) is 5.41 Å². The Labute approximate surface area is 152 Å². The van der Waals surface area contributed by atoms with Crippen molar-refractivity contribution in [3.8, 4) is 11.3 Å². The van der Waals surface area contributed by atoms with Gasteiger partial charge in [0.2, 0.25) is 5.91 Å². The number of nitrogens with zero attached hydrogens (tertiary/aromatic N) is 3. The lowest BCUT2D eigenvalue weighted by molar-refractivity contribution is -0.140. The number of aromatic carboxylic acids is 1. The third-order valence-corrected chi connectivity index (χ3v) is 4.58. The van der Waals surface area contributed by atoms with Crippen LogP contribution >= 0.6 is 0 Å². The van der Waals surface area contributed by atoms with Crippen molar-refractivity contribution >= 4 is 11.9 Å². The van der Waals surface area contributed by atoms with E-state index in [0.29, 0.717) is 17.8 Å². The van der Waals surface area contributed by atoms with Crippen molar-refractivity contribution in [3.63, 3.8) is 0 Å². The summed E-state index contributed by atoms with van der Waals surface area (Å²) in [5.41, 5.74) is 1.80. The minimum Gasteiger partial charge on any atom is -0.478 e. The molecule has 1 aliphatic heterocycles. The summed E-state index contributed by atoms with van der Waals surface area (Å²) >= 11 is 0. The summed E-state index contributed by atoms with van der Waals surface area (Å²) in [7, 11) is 0. The second-order valence-electron chi connectivity index (χ2n) is 7.58. The third kappa shape index (κ3) is 3.45. The number of likely N-dealkylation sites (tertiary alicyclic amines) is 1. The molecule has 0 radical (unpaired) electrons. The number of carbonyl (C=O) groups excluding carboxylic acids is 1. The number of rotatable bonds is 3. The van der Waals surface area contributed by atoms with E-state index >= 15 is 0 Å². The van der Waals surface area contributed by atoms with Gasteiger partial charge in [-0.2, -0.15) is 0 Å². The molecule has 1 saturated heterocycles. The van der Waals surface area contributed by atoms with Gasteiger partial charge >= 0.3 is 5.97 Å². The van der Waals surface area contributed by atoms with Crippen LogP contribution in [0.15, 0.2) is 36.7 Å². The van der Waals surface area contributed by atoms with E-state index in [1.165, 1.54) is 0 Å². The highest BCUT2D eigenvalue weighted by Gasteiger charge is 2.37. The molecule has 0 saturated carbocycles. The molecule has 136 valence electrons. The average molecular weight is 353 g/mol. The molecule has 0 bridgehead atoms. The lowest BCUT2D eigenvalue weighted by Crippen LogP contribution is -2.39. The van der Waals surface area contributed by atoms with Crippen LogP contribution in [-0.2, 0) is 4.79 Å². The fourth-order valence-electron chi connectivity index (χ4n) is 3.34. The molecule has 1 atom stereocenters. The Morgan fingerprint density at radius 1 is 1.19 bits per heavy atom. The van der Waals surface area contributed by atoms with E-state index < -0.39 is 11.4 Å². The maximum atomic E-state index is 12.8. The standard InChI is InChI=1S/C20H23N3O3/c1-20(2,3)19(26)23-11-5-8-15(23)17-16(21-9-10-22-17)13-6-4-7-14(12-13)18(24)25/h4,6-7,9-10,12,15H,5,8,11H2,1-3H3,(H,24,25). The highest BCUT2D eigenvalue weighted by atomic mass is 16.4. The number of aromatic nitrogens is 2. The lowest BCUT2D eigenvalue weighted by atomic mass is 9.93. The van der Waals surface area contributed by atoms with Gasteiger partial charge < -0.3 is 10.0 Å². The molecular weight excluding hydrogens is 330 g/mol. The maximum absolute atomic E-state index is 12.8. The van der Waals surface area contributed by atoms with E-state index in [1.807, 2.05) is 31.7 Å². The van der Waals surface area contributed by atoms with Crippen LogP contribution in [0.25, 0.3) is 11.3 Å².